The first-order chi connectivity index (χ1) is 12.0. The number of amides is 1. The second-order valence-corrected chi connectivity index (χ2v) is 6.61. The van der Waals surface area contributed by atoms with Gasteiger partial charge in [-0.05, 0) is 42.5 Å². The molecule has 1 amide bonds. The fraction of sp³-hybridized carbons (Fsp3) is 0.250. The number of hydrogen-bond acceptors (Lipinski definition) is 3. The van der Waals surface area contributed by atoms with Crippen molar-refractivity contribution in [1.82, 2.24) is 9.55 Å². The summed E-state index contributed by atoms with van der Waals surface area (Å²) in [5, 5.41) is 4.63. The summed E-state index contributed by atoms with van der Waals surface area (Å²) in [5.74, 6) is 0.341. The lowest BCUT2D eigenvalue weighted by Gasteiger charge is -2.11. The van der Waals surface area contributed by atoms with Crippen molar-refractivity contribution in [3.05, 3.63) is 70.3 Å². The Hall–Kier alpha value is -2.95. The summed E-state index contributed by atoms with van der Waals surface area (Å²) >= 11 is 0. The molecule has 0 radical (unpaired) electrons. The number of aromatic nitrogens is 2. The van der Waals surface area contributed by atoms with Gasteiger partial charge in [0.05, 0.1) is 0 Å². The van der Waals surface area contributed by atoms with Gasteiger partial charge in [-0.3, -0.25) is 9.59 Å². The van der Waals surface area contributed by atoms with Gasteiger partial charge in [0.15, 0.2) is 0 Å². The van der Waals surface area contributed by atoms with Gasteiger partial charge in [0.2, 0.25) is 0 Å². The molecule has 0 aliphatic rings. The number of benzene rings is 1. The molecule has 0 aliphatic heterocycles. The number of rotatable bonds is 4. The Balaban J connectivity index is 1.96. The lowest BCUT2D eigenvalue weighted by Crippen LogP contribution is -2.30. The number of anilines is 1. The van der Waals surface area contributed by atoms with Crippen LogP contribution in [0.3, 0.4) is 0 Å². The van der Waals surface area contributed by atoms with E-state index in [-0.39, 0.29) is 11.1 Å². The van der Waals surface area contributed by atoms with E-state index in [1.807, 2.05) is 45.0 Å². The van der Waals surface area contributed by atoms with Crippen molar-refractivity contribution in [3.63, 3.8) is 0 Å². The predicted octanol–water partition coefficient (Wildman–Crippen LogP) is 3.61. The third-order valence-corrected chi connectivity index (χ3v) is 3.98. The largest absolute Gasteiger partial charge is 0.315 e. The molecule has 0 bridgehead atoms. The number of nitrogens with one attached hydrogen (secondary N) is 1. The second kappa shape index (κ2) is 6.89. The average Bonchev–Trinajstić information content (AvgIpc) is 2.57. The fourth-order valence-corrected chi connectivity index (χ4v) is 2.80. The topological polar surface area (TPSA) is 64.0 Å². The Labute approximate surface area is 146 Å². The lowest BCUT2D eigenvalue weighted by molar-refractivity contribution is 0.102. The number of carbonyl (C=O) groups is 1. The van der Waals surface area contributed by atoms with Crippen LogP contribution in [0.15, 0.2) is 53.6 Å². The van der Waals surface area contributed by atoms with Gasteiger partial charge in [-0.1, -0.05) is 31.5 Å². The van der Waals surface area contributed by atoms with Crippen LogP contribution in [0.25, 0.3) is 10.8 Å². The molecular formula is C20H21N3O2. The van der Waals surface area contributed by atoms with Gasteiger partial charge in [0.1, 0.15) is 11.4 Å². The summed E-state index contributed by atoms with van der Waals surface area (Å²) in [7, 11) is 0. The Bertz CT molecular complexity index is 990. The molecule has 0 unspecified atom stereocenters. The highest BCUT2D eigenvalue weighted by molar-refractivity contribution is 6.07. The molecule has 1 N–H and O–H groups in total. The monoisotopic (exact) mass is 335 g/mol. The molecule has 3 aromatic rings. The highest BCUT2D eigenvalue weighted by Gasteiger charge is 2.14. The molecule has 25 heavy (non-hydrogen) atoms. The SMILES string of the molecule is Cc1ccc2ccnc(NC(=O)c3cccn(CC(C)C)c3=O)c2c1. The predicted molar refractivity (Wildman–Crippen MR) is 100.0 cm³/mol. The molecule has 2 heterocycles. The van der Waals surface area contributed by atoms with Crippen LogP contribution in [0.2, 0.25) is 0 Å². The molecule has 0 spiro atoms. The van der Waals surface area contributed by atoms with Crippen LogP contribution < -0.4 is 10.9 Å². The average molecular weight is 335 g/mol. The Kier molecular flexibility index (Phi) is 4.65. The Morgan fingerprint density at radius 3 is 2.80 bits per heavy atom. The van der Waals surface area contributed by atoms with Crippen molar-refractivity contribution in [3.8, 4) is 0 Å². The number of carbonyl (C=O) groups excluding carboxylic acids is 1. The van der Waals surface area contributed by atoms with Crippen LogP contribution in [-0.2, 0) is 6.54 Å². The van der Waals surface area contributed by atoms with Gasteiger partial charge >= 0.3 is 0 Å². The zero-order chi connectivity index (χ0) is 18.0. The van der Waals surface area contributed by atoms with Gasteiger partial charge in [0, 0.05) is 24.3 Å². The van der Waals surface area contributed by atoms with Crippen molar-refractivity contribution in [2.75, 3.05) is 5.32 Å². The van der Waals surface area contributed by atoms with E-state index in [1.165, 1.54) is 0 Å². The maximum Gasteiger partial charge on any atom is 0.263 e. The molecule has 1 aromatic carbocycles. The quantitative estimate of drug-likeness (QED) is 0.792. The van der Waals surface area contributed by atoms with E-state index in [0.29, 0.717) is 18.3 Å². The number of hydrogen-bond donors (Lipinski definition) is 1. The molecule has 0 fully saturated rings. The zero-order valence-electron chi connectivity index (χ0n) is 14.6. The molecule has 3 rings (SSSR count). The first-order valence-corrected chi connectivity index (χ1v) is 8.32. The van der Waals surface area contributed by atoms with Gasteiger partial charge in [-0.25, -0.2) is 4.98 Å². The number of pyridine rings is 2. The maximum absolute atomic E-state index is 12.6. The van der Waals surface area contributed by atoms with Gasteiger partial charge in [0.25, 0.3) is 11.5 Å². The van der Waals surface area contributed by atoms with Gasteiger partial charge in [-0.15, -0.1) is 0 Å². The molecular weight excluding hydrogens is 314 g/mol. The van der Waals surface area contributed by atoms with E-state index in [2.05, 4.69) is 10.3 Å². The summed E-state index contributed by atoms with van der Waals surface area (Å²) in [6, 6.07) is 11.1. The summed E-state index contributed by atoms with van der Waals surface area (Å²) in [6.07, 6.45) is 3.36. The molecule has 0 saturated heterocycles. The smallest absolute Gasteiger partial charge is 0.263 e. The molecule has 0 aliphatic carbocycles. The van der Waals surface area contributed by atoms with Crippen molar-refractivity contribution in [2.45, 2.75) is 27.3 Å². The van der Waals surface area contributed by atoms with Crippen LogP contribution in [0, 0.1) is 12.8 Å². The molecule has 0 atom stereocenters. The minimum absolute atomic E-state index is 0.120. The van der Waals surface area contributed by atoms with E-state index >= 15 is 0 Å². The summed E-state index contributed by atoms with van der Waals surface area (Å²) < 4.78 is 1.57. The van der Waals surface area contributed by atoms with Crippen molar-refractivity contribution in [2.24, 2.45) is 5.92 Å². The van der Waals surface area contributed by atoms with Crippen molar-refractivity contribution >= 4 is 22.5 Å². The normalized spacial score (nSPS) is 11.0. The van der Waals surface area contributed by atoms with Crippen LogP contribution in [0.1, 0.15) is 29.8 Å². The third-order valence-electron chi connectivity index (χ3n) is 3.98. The fourth-order valence-electron chi connectivity index (χ4n) is 2.80. The van der Waals surface area contributed by atoms with Crippen LogP contribution in [0.4, 0.5) is 5.82 Å². The minimum atomic E-state index is -0.440. The molecule has 5 heteroatoms. The van der Waals surface area contributed by atoms with E-state index in [9.17, 15) is 9.59 Å². The lowest BCUT2D eigenvalue weighted by atomic mass is 10.1. The highest BCUT2D eigenvalue weighted by Crippen LogP contribution is 2.22. The standard InChI is InChI=1S/C20H21N3O2/c1-13(2)12-23-10-4-5-16(20(23)25)19(24)22-18-17-11-14(3)6-7-15(17)8-9-21-18/h4-11,13H,12H2,1-3H3,(H,21,22,24). The van der Waals surface area contributed by atoms with Crippen molar-refractivity contribution in [1.29, 1.82) is 0 Å². The summed E-state index contributed by atoms with van der Waals surface area (Å²) in [6.45, 7) is 6.62. The van der Waals surface area contributed by atoms with E-state index < -0.39 is 5.91 Å². The Morgan fingerprint density at radius 2 is 2.04 bits per heavy atom. The van der Waals surface area contributed by atoms with Gasteiger partial charge in [-0.2, -0.15) is 0 Å². The maximum atomic E-state index is 12.6. The zero-order valence-corrected chi connectivity index (χ0v) is 14.6. The van der Waals surface area contributed by atoms with Crippen LogP contribution in [-0.4, -0.2) is 15.5 Å². The molecule has 2 aromatic heterocycles. The van der Waals surface area contributed by atoms with E-state index in [1.54, 1.807) is 29.1 Å². The number of fused-ring (bicyclic) bond motifs is 1. The second-order valence-electron chi connectivity index (χ2n) is 6.61. The third kappa shape index (κ3) is 3.60. The first kappa shape index (κ1) is 16.9. The molecule has 128 valence electrons. The van der Waals surface area contributed by atoms with Gasteiger partial charge < -0.3 is 9.88 Å². The van der Waals surface area contributed by atoms with Crippen LogP contribution >= 0.6 is 0 Å². The minimum Gasteiger partial charge on any atom is -0.315 e. The highest BCUT2D eigenvalue weighted by atomic mass is 16.2. The van der Waals surface area contributed by atoms with Crippen molar-refractivity contribution < 1.29 is 4.79 Å². The Morgan fingerprint density at radius 1 is 1.24 bits per heavy atom. The molecule has 0 saturated carbocycles. The summed E-state index contributed by atoms with van der Waals surface area (Å²) in [4.78, 5) is 29.4. The van der Waals surface area contributed by atoms with E-state index in [0.717, 1.165) is 16.3 Å². The first-order valence-electron chi connectivity index (χ1n) is 8.32. The molecule has 5 nitrogen and oxygen atoms in total. The summed E-state index contributed by atoms with van der Waals surface area (Å²) in [5.41, 5.74) is 0.912. The van der Waals surface area contributed by atoms with E-state index in [4.69, 9.17) is 0 Å². The number of aryl methyl sites for hydroxylation is 1. The van der Waals surface area contributed by atoms with Crippen LogP contribution in [0.5, 0.6) is 0 Å². The number of nitrogens with zero attached hydrogens (tertiary/aromatic N) is 2.